The molecule has 0 spiro atoms. The van der Waals surface area contributed by atoms with E-state index in [0.717, 1.165) is 12.1 Å². The Labute approximate surface area is 103 Å². The summed E-state index contributed by atoms with van der Waals surface area (Å²) in [7, 11) is -3.75. The zero-order valence-electron chi connectivity index (χ0n) is 9.53. The molecular formula is C11H12F3NO2S. The van der Waals surface area contributed by atoms with Gasteiger partial charge in [0.25, 0.3) is 0 Å². The first-order valence-corrected chi connectivity index (χ1v) is 6.89. The number of benzene rings is 1. The van der Waals surface area contributed by atoms with E-state index in [1.54, 1.807) is 0 Å². The second kappa shape index (κ2) is 3.96. The molecule has 3 nitrogen and oxygen atoms in total. The highest BCUT2D eigenvalue weighted by molar-refractivity contribution is 7.92. The number of rotatable bonds is 1. The highest BCUT2D eigenvalue weighted by Crippen LogP contribution is 2.40. The van der Waals surface area contributed by atoms with Crippen LogP contribution in [0.15, 0.2) is 23.1 Å². The van der Waals surface area contributed by atoms with Gasteiger partial charge in [0, 0.05) is 6.04 Å². The van der Waals surface area contributed by atoms with E-state index in [0.29, 0.717) is 0 Å². The molecular weight excluding hydrogens is 267 g/mol. The topological polar surface area (TPSA) is 60.2 Å². The van der Waals surface area contributed by atoms with Gasteiger partial charge in [-0.25, -0.2) is 8.42 Å². The van der Waals surface area contributed by atoms with Crippen LogP contribution in [0.25, 0.3) is 0 Å². The quantitative estimate of drug-likeness (QED) is 0.852. The Kier molecular flexibility index (Phi) is 2.94. The first-order valence-electron chi connectivity index (χ1n) is 5.34. The van der Waals surface area contributed by atoms with E-state index in [2.05, 4.69) is 0 Å². The Bertz CT molecular complexity index is 578. The molecule has 0 bridgehead atoms. The summed E-state index contributed by atoms with van der Waals surface area (Å²) in [5.41, 5.74) is 4.51. The van der Waals surface area contributed by atoms with Crippen molar-refractivity contribution in [1.82, 2.24) is 0 Å². The van der Waals surface area contributed by atoms with Crippen molar-refractivity contribution in [2.75, 3.05) is 0 Å². The lowest BCUT2D eigenvalue weighted by atomic mass is 10.0. The molecule has 0 aliphatic carbocycles. The minimum absolute atomic E-state index is 0.160. The van der Waals surface area contributed by atoms with Gasteiger partial charge in [0.15, 0.2) is 9.84 Å². The zero-order chi connectivity index (χ0) is 13.7. The molecule has 0 aromatic heterocycles. The van der Waals surface area contributed by atoms with E-state index in [9.17, 15) is 21.6 Å². The van der Waals surface area contributed by atoms with E-state index < -0.39 is 32.9 Å². The monoisotopic (exact) mass is 279 g/mol. The van der Waals surface area contributed by atoms with Crippen LogP contribution in [-0.4, -0.2) is 19.7 Å². The third-order valence-electron chi connectivity index (χ3n) is 3.14. The molecule has 100 valence electrons. The van der Waals surface area contributed by atoms with Gasteiger partial charge in [0.05, 0.1) is 15.7 Å². The Hall–Kier alpha value is -1.08. The van der Waals surface area contributed by atoms with Crippen molar-refractivity contribution in [3.05, 3.63) is 29.3 Å². The molecule has 18 heavy (non-hydrogen) atoms. The molecule has 2 atom stereocenters. The molecule has 1 heterocycles. The molecule has 0 radical (unpaired) electrons. The lowest BCUT2D eigenvalue weighted by Gasteiger charge is -2.13. The lowest BCUT2D eigenvalue weighted by Crippen LogP contribution is -2.36. The van der Waals surface area contributed by atoms with Crippen LogP contribution in [0.2, 0.25) is 0 Å². The van der Waals surface area contributed by atoms with Crippen molar-refractivity contribution in [2.45, 2.75) is 35.7 Å². The fourth-order valence-corrected chi connectivity index (χ4v) is 4.33. The summed E-state index contributed by atoms with van der Waals surface area (Å²) in [6.07, 6.45) is -4.72. The summed E-state index contributed by atoms with van der Waals surface area (Å²) in [6.45, 7) is 1.49. The zero-order valence-corrected chi connectivity index (χ0v) is 10.3. The van der Waals surface area contributed by atoms with E-state index in [1.807, 2.05) is 0 Å². The molecule has 1 aliphatic rings. The maximum absolute atomic E-state index is 12.8. The summed E-state index contributed by atoms with van der Waals surface area (Å²) in [5.74, 6) is 0. The van der Waals surface area contributed by atoms with Crippen LogP contribution in [0.3, 0.4) is 0 Å². The number of sulfone groups is 1. The summed E-state index contributed by atoms with van der Waals surface area (Å²) < 4.78 is 62.5. The highest BCUT2D eigenvalue weighted by Gasteiger charge is 2.44. The predicted molar refractivity (Wildman–Crippen MR) is 59.8 cm³/mol. The normalized spacial score (nSPS) is 23.7. The molecule has 2 rings (SSSR count). The summed E-state index contributed by atoms with van der Waals surface area (Å²) in [4.78, 5) is -0.236. The summed E-state index contributed by atoms with van der Waals surface area (Å²) in [6, 6.07) is 2.52. The molecule has 0 fully saturated rings. The first kappa shape index (κ1) is 13.4. The van der Waals surface area contributed by atoms with Gasteiger partial charge in [-0.1, -0.05) is 6.07 Å². The minimum Gasteiger partial charge on any atom is -0.327 e. The van der Waals surface area contributed by atoms with E-state index in [1.165, 1.54) is 13.0 Å². The number of halogens is 3. The van der Waals surface area contributed by atoms with E-state index in [4.69, 9.17) is 5.73 Å². The third kappa shape index (κ3) is 1.91. The van der Waals surface area contributed by atoms with Crippen LogP contribution >= 0.6 is 0 Å². The molecule has 0 saturated heterocycles. The Morgan fingerprint density at radius 3 is 2.50 bits per heavy atom. The Morgan fingerprint density at radius 2 is 2.00 bits per heavy atom. The van der Waals surface area contributed by atoms with Crippen molar-refractivity contribution < 1.29 is 21.6 Å². The standard InChI is InChI=1S/C11H12F3NO2S/c1-6(15)10-5-7-8(11(12,13)14)3-2-4-9(7)18(10,16)17/h2-4,6,10H,5,15H2,1H3. The van der Waals surface area contributed by atoms with Crippen LogP contribution < -0.4 is 5.73 Å². The van der Waals surface area contributed by atoms with Crippen molar-refractivity contribution in [1.29, 1.82) is 0 Å². The average molecular weight is 279 g/mol. The van der Waals surface area contributed by atoms with Gasteiger partial charge in [-0.3, -0.25) is 0 Å². The smallest absolute Gasteiger partial charge is 0.327 e. The number of fused-ring (bicyclic) bond motifs is 1. The SMILES string of the molecule is CC(N)C1Cc2c(C(F)(F)F)cccc2S1(=O)=O. The first-order chi connectivity index (χ1) is 8.15. The Morgan fingerprint density at radius 1 is 1.39 bits per heavy atom. The van der Waals surface area contributed by atoms with Crippen LogP contribution in [0, 0.1) is 0 Å². The molecule has 1 aromatic carbocycles. The number of hydrogen-bond donors (Lipinski definition) is 1. The van der Waals surface area contributed by atoms with Crippen molar-refractivity contribution >= 4 is 9.84 Å². The van der Waals surface area contributed by atoms with Crippen LogP contribution in [0.5, 0.6) is 0 Å². The minimum atomic E-state index is -4.55. The average Bonchev–Trinajstić information content (AvgIpc) is 2.49. The van der Waals surface area contributed by atoms with Crippen LogP contribution in [0.1, 0.15) is 18.1 Å². The summed E-state index contributed by atoms with van der Waals surface area (Å²) in [5, 5.41) is -0.976. The Balaban J connectivity index is 2.65. The van der Waals surface area contributed by atoms with Crippen LogP contribution in [0.4, 0.5) is 13.2 Å². The van der Waals surface area contributed by atoms with Crippen molar-refractivity contribution in [2.24, 2.45) is 5.73 Å². The van der Waals surface area contributed by atoms with Gasteiger partial charge in [0.2, 0.25) is 0 Å². The van der Waals surface area contributed by atoms with Gasteiger partial charge in [-0.05, 0) is 31.0 Å². The third-order valence-corrected chi connectivity index (χ3v) is 5.52. The maximum Gasteiger partial charge on any atom is 0.416 e. The van der Waals surface area contributed by atoms with E-state index >= 15 is 0 Å². The molecule has 0 amide bonds. The second-order valence-corrected chi connectivity index (χ2v) is 6.56. The van der Waals surface area contributed by atoms with E-state index in [-0.39, 0.29) is 16.9 Å². The summed E-state index contributed by atoms with van der Waals surface area (Å²) >= 11 is 0. The van der Waals surface area contributed by atoms with Crippen LogP contribution in [-0.2, 0) is 22.4 Å². The van der Waals surface area contributed by atoms with Crippen molar-refractivity contribution in [3.8, 4) is 0 Å². The number of nitrogens with two attached hydrogens (primary N) is 1. The van der Waals surface area contributed by atoms with Gasteiger partial charge in [-0.15, -0.1) is 0 Å². The molecule has 1 aliphatic heterocycles. The molecule has 1 aromatic rings. The van der Waals surface area contributed by atoms with Gasteiger partial charge >= 0.3 is 6.18 Å². The second-order valence-electron chi connectivity index (χ2n) is 4.43. The van der Waals surface area contributed by atoms with Gasteiger partial charge < -0.3 is 5.73 Å². The fourth-order valence-electron chi connectivity index (χ4n) is 2.25. The van der Waals surface area contributed by atoms with Gasteiger partial charge in [0.1, 0.15) is 0 Å². The molecule has 7 heteroatoms. The largest absolute Gasteiger partial charge is 0.416 e. The van der Waals surface area contributed by atoms with Gasteiger partial charge in [-0.2, -0.15) is 13.2 Å². The molecule has 2 N–H and O–H groups in total. The lowest BCUT2D eigenvalue weighted by molar-refractivity contribution is -0.138. The fraction of sp³-hybridized carbons (Fsp3) is 0.455. The molecule has 2 unspecified atom stereocenters. The maximum atomic E-state index is 12.8. The predicted octanol–water partition coefficient (Wildman–Crippen LogP) is 1.75. The van der Waals surface area contributed by atoms with Crippen molar-refractivity contribution in [3.63, 3.8) is 0 Å². The molecule has 0 saturated carbocycles. The number of alkyl halides is 3. The highest BCUT2D eigenvalue weighted by atomic mass is 32.2. The number of hydrogen-bond acceptors (Lipinski definition) is 3.